The van der Waals surface area contributed by atoms with Crippen LogP contribution in [-0.2, 0) is 21.0 Å². The number of alkyl halides is 4. The molecule has 4 atom stereocenters. The van der Waals surface area contributed by atoms with Crippen LogP contribution in [0.4, 0.5) is 17.6 Å². The Bertz CT molecular complexity index is 1150. The second-order valence-corrected chi connectivity index (χ2v) is 12.9. The number of halogens is 4. The second-order valence-electron chi connectivity index (χ2n) is 9.23. The Morgan fingerprint density at radius 1 is 0.912 bits per heavy atom. The maximum atomic E-state index is 13.6. The van der Waals surface area contributed by atoms with E-state index in [0.717, 1.165) is 5.39 Å². The van der Waals surface area contributed by atoms with E-state index in [0.29, 0.717) is 16.6 Å². The van der Waals surface area contributed by atoms with Crippen LogP contribution in [0.25, 0.3) is 10.8 Å². The first-order chi connectivity index (χ1) is 15.8. The van der Waals surface area contributed by atoms with Gasteiger partial charge in [-0.05, 0) is 62.1 Å². The molecule has 3 fully saturated rings. The summed E-state index contributed by atoms with van der Waals surface area (Å²) in [6, 6.07) is 12.2. The molecule has 1 saturated heterocycles. The fourth-order valence-corrected chi connectivity index (χ4v) is 8.44. The molecule has 2 saturated carbocycles. The number of benzene rings is 2. The van der Waals surface area contributed by atoms with Crippen LogP contribution in [0.3, 0.4) is 0 Å². The third kappa shape index (κ3) is 4.40. The predicted octanol–water partition coefficient (Wildman–Crippen LogP) is 4.48. The second kappa shape index (κ2) is 9.15. The van der Waals surface area contributed by atoms with Gasteiger partial charge in [0, 0.05) is 27.6 Å². The summed E-state index contributed by atoms with van der Waals surface area (Å²) in [7, 11) is -6.01. The van der Waals surface area contributed by atoms with E-state index >= 15 is 0 Å². The Morgan fingerprint density at radius 3 is 2.06 bits per heavy atom. The largest absolute Gasteiger partial charge is 0.743 e. The topological polar surface area (TPSA) is 97.7 Å². The zero-order valence-corrected chi connectivity index (χ0v) is 19.8. The molecule has 3 aliphatic rings. The lowest BCUT2D eigenvalue weighted by molar-refractivity contribution is -0.205. The van der Waals surface area contributed by atoms with E-state index in [4.69, 9.17) is 0 Å². The predicted molar refractivity (Wildman–Crippen MR) is 120 cm³/mol. The molecule has 0 amide bonds. The average molecular weight is 523 g/mol. The molecule has 34 heavy (non-hydrogen) atoms. The number of aromatic hydroxyl groups is 1. The van der Waals surface area contributed by atoms with E-state index in [1.54, 1.807) is 0 Å². The molecule has 1 aliphatic heterocycles. The van der Waals surface area contributed by atoms with E-state index in [2.05, 4.69) is 18.2 Å². The maximum absolute atomic E-state index is 13.6. The SMILES string of the molecule is O=S(=O)([O-])C(F)(F)C(F)(F)C1CC2CC1CC2O.Oc1ccc([S+]2CCCC2)c2ccccc12. The Balaban J connectivity index is 0.000000162. The van der Waals surface area contributed by atoms with E-state index in [-0.39, 0.29) is 19.3 Å². The summed E-state index contributed by atoms with van der Waals surface area (Å²) in [4.78, 5) is 1.45. The summed E-state index contributed by atoms with van der Waals surface area (Å²) in [5.41, 5.74) is 0. The number of rotatable bonds is 4. The molecule has 0 radical (unpaired) electrons. The minimum absolute atomic E-state index is 0.0556. The van der Waals surface area contributed by atoms with E-state index in [9.17, 15) is 40.7 Å². The van der Waals surface area contributed by atoms with Crippen molar-refractivity contribution in [2.45, 2.75) is 54.3 Å². The molecule has 2 aliphatic carbocycles. The first kappa shape index (κ1) is 25.5. The highest BCUT2D eigenvalue weighted by molar-refractivity contribution is 7.97. The van der Waals surface area contributed by atoms with Crippen LogP contribution in [0.5, 0.6) is 5.75 Å². The monoisotopic (exact) mass is 522 g/mol. The Labute approximate surface area is 198 Å². The van der Waals surface area contributed by atoms with Gasteiger partial charge in [0.25, 0.3) is 0 Å². The molecule has 2 aromatic carbocycles. The Morgan fingerprint density at radius 2 is 1.53 bits per heavy atom. The zero-order chi connectivity index (χ0) is 24.9. The third-order valence-corrected chi connectivity index (χ3v) is 10.6. The van der Waals surface area contributed by atoms with Crippen LogP contribution < -0.4 is 0 Å². The van der Waals surface area contributed by atoms with Gasteiger partial charge in [-0.25, -0.2) is 8.42 Å². The maximum Gasteiger partial charge on any atom is 0.396 e. The quantitative estimate of drug-likeness (QED) is 0.351. The van der Waals surface area contributed by atoms with Gasteiger partial charge in [-0.3, -0.25) is 0 Å². The molecular weight excluding hydrogens is 496 g/mol. The zero-order valence-electron chi connectivity index (χ0n) is 18.2. The van der Waals surface area contributed by atoms with Crippen molar-refractivity contribution in [3.05, 3.63) is 36.4 Å². The van der Waals surface area contributed by atoms with Crippen molar-refractivity contribution in [1.29, 1.82) is 0 Å². The van der Waals surface area contributed by atoms with Gasteiger partial charge < -0.3 is 14.8 Å². The van der Waals surface area contributed by atoms with E-state index in [1.165, 1.54) is 34.6 Å². The summed E-state index contributed by atoms with van der Waals surface area (Å²) in [5, 5.41) is 15.8. The Kier molecular flexibility index (Phi) is 6.87. The normalized spacial score (nSPS) is 27.7. The first-order valence-corrected chi connectivity index (χ1v) is 14.1. The molecule has 4 unspecified atom stereocenters. The molecule has 5 nitrogen and oxygen atoms in total. The number of aliphatic hydroxyl groups is 1. The van der Waals surface area contributed by atoms with Crippen molar-refractivity contribution in [3.8, 4) is 5.75 Å². The fraction of sp³-hybridized carbons (Fsp3) is 0.565. The van der Waals surface area contributed by atoms with Crippen LogP contribution in [0.15, 0.2) is 41.3 Å². The fourth-order valence-electron chi connectivity index (χ4n) is 5.45. The van der Waals surface area contributed by atoms with Gasteiger partial charge in [0.2, 0.25) is 0 Å². The lowest BCUT2D eigenvalue weighted by Crippen LogP contribution is -2.53. The van der Waals surface area contributed by atoms with Crippen LogP contribution in [0.2, 0.25) is 0 Å². The van der Waals surface area contributed by atoms with Crippen molar-refractivity contribution in [1.82, 2.24) is 0 Å². The van der Waals surface area contributed by atoms with Crippen LogP contribution >= 0.6 is 0 Å². The lowest BCUT2D eigenvalue weighted by atomic mass is 9.83. The van der Waals surface area contributed by atoms with E-state index < -0.39 is 45.2 Å². The Hall–Kier alpha value is -1.56. The summed E-state index contributed by atoms with van der Waals surface area (Å²) in [6.45, 7) is 0. The molecular formula is C23H26F4O5S2. The molecule has 5 rings (SSSR count). The molecule has 0 aromatic heterocycles. The number of hydrogen-bond acceptors (Lipinski definition) is 5. The summed E-state index contributed by atoms with van der Waals surface area (Å²) >= 11 is 0. The molecule has 11 heteroatoms. The van der Waals surface area contributed by atoms with E-state index in [1.807, 2.05) is 18.2 Å². The third-order valence-electron chi connectivity index (χ3n) is 7.19. The minimum atomic E-state index is -6.42. The highest BCUT2D eigenvalue weighted by Crippen LogP contribution is 2.58. The van der Waals surface area contributed by atoms with Crippen molar-refractivity contribution in [2.75, 3.05) is 11.5 Å². The van der Waals surface area contributed by atoms with Crippen LogP contribution in [0.1, 0.15) is 32.1 Å². The van der Waals surface area contributed by atoms with Crippen molar-refractivity contribution < 1.29 is 40.7 Å². The van der Waals surface area contributed by atoms with Gasteiger partial charge in [0.1, 0.15) is 17.3 Å². The number of phenolic OH excluding ortho intramolecular Hbond substituents is 1. The molecule has 2 aromatic rings. The molecule has 188 valence electrons. The van der Waals surface area contributed by atoms with Crippen LogP contribution in [-0.4, -0.2) is 52.0 Å². The van der Waals surface area contributed by atoms with Crippen molar-refractivity contribution in [3.63, 3.8) is 0 Å². The smallest absolute Gasteiger partial charge is 0.396 e. The number of hydrogen-bond donors (Lipinski definition) is 2. The summed E-state index contributed by atoms with van der Waals surface area (Å²) in [6.07, 6.45) is 1.64. The van der Waals surface area contributed by atoms with Gasteiger partial charge in [-0.15, -0.1) is 0 Å². The lowest BCUT2D eigenvalue weighted by Gasteiger charge is -2.37. The van der Waals surface area contributed by atoms with Crippen molar-refractivity contribution >= 4 is 31.8 Å². The molecule has 2 bridgehead atoms. The number of aliphatic hydroxyl groups excluding tert-OH is 1. The minimum Gasteiger partial charge on any atom is -0.743 e. The average Bonchev–Trinajstić information content (AvgIpc) is 3.51. The standard InChI is InChI=1S/C14H14OS.C9H12F4O4S/c15-13-7-8-14(16-9-3-4-10-16)12-6-2-1-5-11(12)13;10-8(11,9(12,13)18(15,16)17)6-2-5-1-4(6)3-7(5)14/h1-2,5-8H,3-4,9-10H2;4-7,14H,1-3H2,(H,15,16,17). The van der Waals surface area contributed by atoms with Gasteiger partial charge in [-0.1, -0.05) is 18.2 Å². The molecule has 0 spiro atoms. The summed E-state index contributed by atoms with van der Waals surface area (Å²) in [5.74, 6) is -5.09. The molecule has 2 N–H and O–H groups in total. The highest BCUT2D eigenvalue weighted by Gasteiger charge is 2.69. The summed E-state index contributed by atoms with van der Waals surface area (Å²) < 4.78 is 84.2. The van der Waals surface area contributed by atoms with Gasteiger partial charge in [0.15, 0.2) is 15.0 Å². The number of phenols is 1. The highest BCUT2D eigenvalue weighted by atomic mass is 32.2. The van der Waals surface area contributed by atoms with Crippen LogP contribution in [0, 0.1) is 17.8 Å². The van der Waals surface area contributed by atoms with Gasteiger partial charge >= 0.3 is 11.2 Å². The van der Waals surface area contributed by atoms with Crippen molar-refractivity contribution in [2.24, 2.45) is 17.8 Å². The van der Waals surface area contributed by atoms with Gasteiger partial charge in [-0.2, -0.15) is 17.6 Å². The molecule has 1 heterocycles. The number of fused-ring (bicyclic) bond motifs is 3. The first-order valence-electron chi connectivity index (χ1n) is 11.1. The van der Waals surface area contributed by atoms with Gasteiger partial charge in [0.05, 0.1) is 6.10 Å².